The van der Waals surface area contributed by atoms with Crippen molar-refractivity contribution in [3.63, 3.8) is 0 Å². The van der Waals surface area contributed by atoms with Gasteiger partial charge in [-0.2, -0.15) is 0 Å². The minimum absolute atomic E-state index is 0.119. The molecule has 1 fully saturated rings. The van der Waals surface area contributed by atoms with Crippen LogP contribution in [0.2, 0.25) is 5.02 Å². The van der Waals surface area contributed by atoms with E-state index in [2.05, 4.69) is 11.5 Å². The van der Waals surface area contributed by atoms with E-state index in [9.17, 15) is 0 Å². The maximum atomic E-state index is 6.15. The standard InChI is InChI=1S/C13H19ClN2O/c1-9-11(5-2-6-12(9)14)13(16-15)10-4-3-7-17-8-10/h2,5-6,10,13,16H,3-4,7-8,15H2,1H3. The highest BCUT2D eigenvalue weighted by Gasteiger charge is 2.26. The molecule has 1 heterocycles. The van der Waals surface area contributed by atoms with Gasteiger partial charge in [0, 0.05) is 17.5 Å². The van der Waals surface area contributed by atoms with E-state index >= 15 is 0 Å². The lowest BCUT2D eigenvalue weighted by molar-refractivity contribution is 0.0389. The molecular weight excluding hydrogens is 236 g/mol. The first-order chi connectivity index (χ1) is 8.24. The first-order valence-corrected chi connectivity index (χ1v) is 6.40. The van der Waals surface area contributed by atoms with E-state index in [4.69, 9.17) is 22.2 Å². The van der Waals surface area contributed by atoms with Gasteiger partial charge in [-0.1, -0.05) is 23.7 Å². The molecule has 94 valence electrons. The van der Waals surface area contributed by atoms with Crippen LogP contribution in [0.5, 0.6) is 0 Å². The zero-order valence-corrected chi connectivity index (χ0v) is 10.8. The lowest BCUT2D eigenvalue weighted by atomic mass is 9.87. The van der Waals surface area contributed by atoms with Gasteiger partial charge in [-0.3, -0.25) is 11.3 Å². The lowest BCUT2D eigenvalue weighted by Gasteiger charge is -2.31. The van der Waals surface area contributed by atoms with E-state index in [1.807, 2.05) is 19.1 Å². The van der Waals surface area contributed by atoms with Crippen molar-refractivity contribution in [2.24, 2.45) is 11.8 Å². The predicted octanol–water partition coefficient (Wildman–Crippen LogP) is 2.58. The Balaban J connectivity index is 2.24. The fourth-order valence-electron chi connectivity index (χ4n) is 2.47. The van der Waals surface area contributed by atoms with E-state index in [0.29, 0.717) is 5.92 Å². The molecule has 1 saturated heterocycles. The van der Waals surface area contributed by atoms with Gasteiger partial charge in [0.1, 0.15) is 0 Å². The summed E-state index contributed by atoms with van der Waals surface area (Å²) in [4.78, 5) is 0. The van der Waals surface area contributed by atoms with Gasteiger partial charge in [-0.05, 0) is 37.0 Å². The largest absolute Gasteiger partial charge is 0.381 e. The molecule has 2 rings (SSSR count). The number of halogens is 1. The maximum Gasteiger partial charge on any atom is 0.0513 e. The highest BCUT2D eigenvalue weighted by Crippen LogP contribution is 2.32. The Morgan fingerprint density at radius 1 is 1.53 bits per heavy atom. The second-order valence-corrected chi connectivity index (χ2v) is 4.98. The quantitative estimate of drug-likeness (QED) is 0.644. The van der Waals surface area contributed by atoms with Crippen LogP contribution in [-0.2, 0) is 4.74 Å². The van der Waals surface area contributed by atoms with Crippen LogP contribution < -0.4 is 11.3 Å². The van der Waals surface area contributed by atoms with Gasteiger partial charge < -0.3 is 4.74 Å². The van der Waals surface area contributed by atoms with Gasteiger partial charge in [0.2, 0.25) is 0 Å². The van der Waals surface area contributed by atoms with Gasteiger partial charge in [0.05, 0.1) is 12.6 Å². The molecule has 1 aliphatic rings. The maximum absolute atomic E-state index is 6.15. The normalized spacial score (nSPS) is 22.4. The summed E-state index contributed by atoms with van der Waals surface area (Å²) in [7, 11) is 0. The average Bonchev–Trinajstić information content (AvgIpc) is 2.37. The molecule has 2 unspecified atom stereocenters. The molecule has 2 atom stereocenters. The first-order valence-electron chi connectivity index (χ1n) is 6.03. The van der Waals surface area contributed by atoms with Gasteiger partial charge in [-0.15, -0.1) is 0 Å². The second-order valence-electron chi connectivity index (χ2n) is 4.58. The molecule has 0 radical (unpaired) electrons. The van der Waals surface area contributed by atoms with Crippen LogP contribution in [0.1, 0.15) is 30.0 Å². The van der Waals surface area contributed by atoms with Crippen molar-refractivity contribution in [3.8, 4) is 0 Å². The fourth-order valence-corrected chi connectivity index (χ4v) is 2.65. The highest BCUT2D eigenvalue weighted by molar-refractivity contribution is 6.31. The summed E-state index contributed by atoms with van der Waals surface area (Å²) in [6.45, 7) is 3.66. The summed E-state index contributed by atoms with van der Waals surface area (Å²) < 4.78 is 5.53. The highest BCUT2D eigenvalue weighted by atomic mass is 35.5. The molecule has 1 aromatic carbocycles. The van der Waals surface area contributed by atoms with E-state index < -0.39 is 0 Å². The average molecular weight is 255 g/mol. The monoisotopic (exact) mass is 254 g/mol. The Hall–Kier alpha value is -0.610. The van der Waals surface area contributed by atoms with Crippen molar-refractivity contribution in [1.82, 2.24) is 5.43 Å². The fraction of sp³-hybridized carbons (Fsp3) is 0.538. The smallest absolute Gasteiger partial charge is 0.0513 e. The molecule has 3 N–H and O–H groups in total. The molecule has 0 spiro atoms. The summed E-state index contributed by atoms with van der Waals surface area (Å²) in [6, 6.07) is 6.08. The molecular formula is C13H19ClN2O. The van der Waals surface area contributed by atoms with Crippen molar-refractivity contribution in [2.45, 2.75) is 25.8 Å². The summed E-state index contributed by atoms with van der Waals surface area (Å²) in [6.07, 6.45) is 2.24. The van der Waals surface area contributed by atoms with Crippen molar-refractivity contribution < 1.29 is 4.74 Å². The molecule has 4 heteroatoms. The number of nitrogens with one attached hydrogen (secondary N) is 1. The number of hydrazine groups is 1. The second kappa shape index (κ2) is 5.83. The molecule has 0 saturated carbocycles. The van der Waals surface area contributed by atoms with Crippen LogP contribution in [0.15, 0.2) is 18.2 Å². The number of ether oxygens (including phenoxy) is 1. The molecule has 0 aromatic heterocycles. The number of hydrogen-bond donors (Lipinski definition) is 2. The molecule has 3 nitrogen and oxygen atoms in total. The predicted molar refractivity (Wildman–Crippen MR) is 69.8 cm³/mol. The summed E-state index contributed by atoms with van der Waals surface area (Å²) >= 11 is 6.15. The minimum Gasteiger partial charge on any atom is -0.381 e. The van der Waals surface area contributed by atoms with Crippen LogP contribution in [0.25, 0.3) is 0 Å². The third-order valence-electron chi connectivity index (χ3n) is 3.49. The summed E-state index contributed by atoms with van der Waals surface area (Å²) in [5, 5.41) is 0.791. The van der Waals surface area contributed by atoms with Crippen LogP contribution >= 0.6 is 11.6 Å². The van der Waals surface area contributed by atoms with Crippen LogP contribution in [0, 0.1) is 12.8 Å². The molecule has 0 amide bonds. The van der Waals surface area contributed by atoms with Crippen molar-refractivity contribution in [3.05, 3.63) is 34.3 Å². The number of rotatable bonds is 3. The zero-order valence-electron chi connectivity index (χ0n) is 10.1. The SMILES string of the molecule is Cc1c(Cl)cccc1C(NN)C1CCCOC1. The minimum atomic E-state index is 0.119. The Labute approximate surface area is 107 Å². The van der Waals surface area contributed by atoms with Crippen LogP contribution in [-0.4, -0.2) is 13.2 Å². The van der Waals surface area contributed by atoms with E-state index in [1.165, 1.54) is 5.56 Å². The Kier molecular flexibility index (Phi) is 4.40. The lowest BCUT2D eigenvalue weighted by Crippen LogP contribution is -2.37. The zero-order chi connectivity index (χ0) is 12.3. The van der Waals surface area contributed by atoms with Gasteiger partial charge in [0.25, 0.3) is 0 Å². The van der Waals surface area contributed by atoms with Gasteiger partial charge >= 0.3 is 0 Å². The molecule has 0 bridgehead atoms. The summed E-state index contributed by atoms with van der Waals surface area (Å²) in [5.41, 5.74) is 5.19. The number of nitrogens with two attached hydrogens (primary N) is 1. The third kappa shape index (κ3) is 2.80. The Morgan fingerprint density at radius 3 is 3.00 bits per heavy atom. The van der Waals surface area contributed by atoms with Gasteiger partial charge in [0.15, 0.2) is 0 Å². The Bertz CT molecular complexity index is 378. The van der Waals surface area contributed by atoms with E-state index in [0.717, 1.165) is 36.6 Å². The number of benzene rings is 1. The molecule has 0 aliphatic carbocycles. The number of hydrogen-bond acceptors (Lipinski definition) is 3. The molecule has 17 heavy (non-hydrogen) atoms. The van der Waals surface area contributed by atoms with E-state index in [1.54, 1.807) is 0 Å². The third-order valence-corrected chi connectivity index (χ3v) is 3.90. The van der Waals surface area contributed by atoms with Crippen LogP contribution in [0.3, 0.4) is 0 Å². The van der Waals surface area contributed by atoms with E-state index in [-0.39, 0.29) is 6.04 Å². The first kappa shape index (κ1) is 12.8. The van der Waals surface area contributed by atoms with Crippen LogP contribution in [0.4, 0.5) is 0 Å². The summed E-state index contributed by atoms with van der Waals surface area (Å²) in [5.74, 6) is 6.13. The topological polar surface area (TPSA) is 47.3 Å². The van der Waals surface area contributed by atoms with Crippen molar-refractivity contribution >= 4 is 11.6 Å². The Morgan fingerprint density at radius 2 is 2.35 bits per heavy atom. The molecule has 1 aromatic rings. The van der Waals surface area contributed by atoms with Crippen molar-refractivity contribution in [2.75, 3.05) is 13.2 Å². The molecule has 1 aliphatic heterocycles. The van der Waals surface area contributed by atoms with Crippen molar-refractivity contribution in [1.29, 1.82) is 0 Å². The van der Waals surface area contributed by atoms with Gasteiger partial charge in [-0.25, -0.2) is 0 Å².